The van der Waals surface area contributed by atoms with Crippen molar-refractivity contribution in [2.75, 3.05) is 13.7 Å². The zero-order chi connectivity index (χ0) is 21.8. The van der Waals surface area contributed by atoms with Gasteiger partial charge in [-0.3, -0.25) is 13.9 Å². The van der Waals surface area contributed by atoms with Crippen molar-refractivity contribution in [3.8, 4) is 5.75 Å². The van der Waals surface area contributed by atoms with Gasteiger partial charge in [0.2, 0.25) is 0 Å². The molecule has 7 heteroatoms. The monoisotopic (exact) mass is 416 g/mol. The molecule has 0 bridgehead atoms. The van der Waals surface area contributed by atoms with Crippen LogP contribution in [0.1, 0.15) is 21.5 Å². The first-order valence-corrected chi connectivity index (χ1v) is 10.1. The lowest BCUT2D eigenvalue weighted by Gasteiger charge is -2.09. The number of amides is 1. The molecule has 2 aromatic carbocycles. The van der Waals surface area contributed by atoms with Gasteiger partial charge in [-0.2, -0.15) is 0 Å². The van der Waals surface area contributed by atoms with E-state index in [0.29, 0.717) is 30.0 Å². The SMILES string of the molecule is COc1ccccc1C(=O)NCCn1c(=O)n(Cc2ccc(C)cc2)c2cccnc21. The molecule has 158 valence electrons. The predicted octanol–water partition coefficient (Wildman–Crippen LogP) is 2.99. The summed E-state index contributed by atoms with van der Waals surface area (Å²) in [5.74, 6) is 0.260. The van der Waals surface area contributed by atoms with Gasteiger partial charge in [-0.1, -0.05) is 42.0 Å². The van der Waals surface area contributed by atoms with Gasteiger partial charge in [0.05, 0.1) is 24.7 Å². The van der Waals surface area contributed by atoms with Crippen LogP contribution in [0.25, 0.3) is 11.2 Å². The predicted molar refractivity (Wildman–Crippen MR) is 120 cm³/mol. The van der Waals surface area contributed by atoms with Crippen molar-refractivity contribution < 1.29 is 9.53 Å². The fourth-order valence-electron chi connectivity index (χ4n) is 3.59. The van der Waals surface area contributed by atoms with Crippen LogP contribution in [0.2, 0.25) is 0 Å². The number of aryl methyl sites for hydroxylation is 1. The summed E-state index contributed by atoms with van der Waals surface area (Å²) in [6.07, 6.45) is 1.67. The number of methoxy groups -OCH3 is 1. The summed E-state index contributed by atoms with van der Waals surface area (Å²) in [6, 6.07) is 18.9. The maximum Gasteiger partial charge on any atom is 0.330 e. The largest absolute Gasteiger partial charge is 0.496 e. The van der Waals surface area contributed by atoms with Crippen LogP contribution in [0.15, 0.2) is 71.7 Å². The van der Waals surface area contributed by atoms with E-state index in [1.54, 1.807) is 33.5 Å². The molecule has 0 spiro atoms. The average molecular weight is 416 g/mol. The standard InChI is InChI=1S/C24H24N4O3/c1-17-9-11-18(12-10-17)16-28-20-7-5-13-25-22(20)27(24(28)30)15-14-26-23(29)19-6-3-4-8-21(19)31-2/h3-13H,14-16H2,1-2H3,(H,26,29). The first-order valence-electron chi connectivity index (χ1n) is 10.1. The van der Waals surface area contributed by atoms with Crippen LogP contribution < -0.4 is 15.7 Å². The van der Waals surface area contributed by atoms with Crippen molar-refractivity contribution in [2.24, 2.45) is 0 Å². The number of ether oxygens (including phenoxy) is 1. The highest BCUT2D eigenvalue weighted by Gasteiger charge is 2.15. The van der Waals surface area contributed by atoms with Crippen molar-refractivity contribution in [2.45, 2.75) is 20.0 Å². The van der Waals surface area contributed by atoms with Gasteiger partial charge in [-0.05, 0) is 36.8 Å². The van der Waals surface area contributed by atoms with E-state index in [1.165, 1.54) is 12.7 Å². The number of nitrogens with one attached hydrogen (secondary N) is 1. The third-order valence-corrected chi connectivity index (χ3v) is 5.21. The quantitative estimate of drug-likeness (QED) is 0.502. The van der Waals surface area contributed by atoms with Gasteiger partial charge in [0, 0.05) is 19.3 Å². The summed E-state index contributed by atoms with van der Waals surface area (Å²) in [4.78, 5) is 30.1. The van der Waals surface area contributed by atoms with E-state index < -0.39 is 0 Å². The summed E-state index contributed by atoms with van der Waals surface area (Å²) < 4.78 is 8.57. The Morgan fingerprint density at radius 2 is 1.81 bits per heavy atom. The molecule has 0 unspecified atom stereocenters. The normalized spacial score (nSPS) is 10.9. The molecule has 0 saturated heterocycles. The van der Waals surface area contributed by atoms with Crippen molar-refractivity contribution >= 4 is 17.1 Å². The third kappa shape index (κ3) is 4.21. The number of hydrogen-bond acceptors (Lipinski definition) is 4. The molecule has 0 fully saturated rings. The maximum atomic E-state index is 13.2. The Hall–Kier alpha value is -3.87. The van der Waals surface area contributed by atoms with Gasteiger partial charge < -0.3 is 10.1 Å². The lowest BCUT2D eigenvalue weighted by molar-refractivity contribution is 0.0949. The highest BCUT2D eigenvalue weighted by molar-refractivity contribution is 5.96. The number of nitrogens with zero attached hydrogens (tertiary/aromatic N) is 3. The highest BCUT2D eigenvalue weighted by atomic mass is 16.5. The summed E-state index contributed by atoms with van der Waals surface area (Å²) in [6.45, 7) is 3.10. The number of fused-ring (bicyclic) bond motifs is 1. The second kappa shape index (κ2) is 8.87. The Morgan fingerprint density at radius 1 is 1.03 bits per heavy atom. The topological polar surface area (TPSA) is 78.1 Å². The van der Waals surface area contributed by atoms with E-state index in [0.717, 1.165) is 11.1 Å². The second-order valence-electron chi connectivity index (χ2n) is 7.31. The molecule has 4 rings (SSSR count). The number of carbonyl (C=O) groups excluding carboxylic acids is 1. The Morgan fingerprint density at radius 3 is 2.58 bits per heavy atom. The van der Waals surface area contributed by atoms with Crippen LogP contribution in [0.4, 0.5) is 0 Å². The number of hydrogen-bond donors (Lipinski definition) is 1. The summed E-state index contributed by atoms with van der Waals surface area (Å²) in [5.41, 5.74) is 3.89. The van der Waals surface area contributed by atoms with Crippen LogP contribution in [0.3, 0.4) is 0 Å². The van der Waals surface area contributed by atoms with Crippen molar-refractivity contribution in [3.05, 3.63) is 94.0 Å². The second-order valence-corrected chi connectivity index (χ2v) is 7.31. The van der Waals surface area contributed by atoms with Gasteiger partial charge in [0.15, 0.2) is 5.65 Å². The number of aromatic nitrogens is 3. The molecule has 1 amide bonds. The molecular weight excluding hydrogens is 392 g/mol. The zero-order valence-electron chi connectivity index (χ0n) is 17.5. The smallest absolute Gasteiger partial charge is 0.330 e. The molecule has 0 saturated carbocycles. The van der Waals surface area contributed by atoms with Crippen LogP contribution in [0, 0.1) is 6.92 Å². The average Bonchev–Trinajstić information content (AvgIpc) is 3.06. The fourth-order valence-corrected chi connectivity index (χ4v) is 3.59. The minimum absolute atomic E-state index is 0.152. The summed E-state index contributed by atoms with van der Waals surface area (Å²) in [5, 5.41) is 2.86. The number of benzene rings is 2. The van der Waals surface area contributed by atoms with Crippen LogP contribution >= 0.6 is 0 Å². The molecular formula is C24H24N4O3. The van der Waals surface area contributed by atoms with E-state index in [-0.39, 0.29) is 18.1 Å². The van der Waals surface area contributed by atoms with E-state index in [1.807, 2.05) is 49.4 Å². The Kier molecular flexibility index (Phi) is 5.84. The highest BCUT2D eigenvalue weighted by Crippen LogP contribution is 2.17. The van der Waals surface area contributed by atoms with E-state index in [2.05, 4.69) is 10.3 Å². The van der Waals surface area contributed by atoms with Crippen LogP contribution in [0.5, 0.6) is 5.75 Å². The molecule has 0 atom stereocenters. The molecule has 4 aromatic rings. The fraction of sp³-hybridized carbons (Fsp3) is 0.208. The molecule has 31 heavy (non-hydrogen) atoms. The van der Waals surface area contributed by atoms with E-state index >= 15 is 0 Å². The summed E-state index contributed by atoms with van der Waals surface area (Å²) >= 11 is 0. The number of imidazole rings is 1. The van der Waals surface area contributed by atoms with Gasteiger partial charge in [0.25, 0.3) is 5.91 Å². The summed E-state index contributed by atoms with van der Waals surface area (Å²) in [7, 11) is 1.53. The Labute approximate surface area is 179 Å². The van der Waals surface area contributed by atoms with Gasteiger partial charge >= 0.3 is 5.69 Å². The maximum absolute atomic E-state index is 13.2. The van der Waals surface area contributed by atoms with Crippen molar-refractivity contribution in [1.82, 2.24) is 19.4 Å². The van der Waals surface area contributed by atoms with E-state index in [9.17, 15) is 9.59 Å². The van der Waals surface area contributed by atoms with Crippen LogP contribution in [-0.4, -0.2) is 33.7 Å². The molecule has 2 heterocycles. The van der Waals surface area contributed by atoms with Gasteiger partial charge in [-0.15, -0.1) is 0 Å². The minimum atomic E-state index is -0.248. The lowest BCUT2D eigenvalue weighted by Crippen LogP contribution is -2.32. The van der Waals surface area contributed by atoms with Crippen molar-refractivity contribution in [3.63, 3.8) is 0 Å². The molecule has 0 aliphatic rings. The minimum Gasteiger partial charge on any atom is -0.496 e. The first-order chi connectivity index (χ1) is 15.1. The Balaban J connectivity index is 1.55. The van der Waals surface area contributed by atoms with Crippen LogP contribution in [-0.2, 0) is 13.1 Å². The van der Waals surface area contributed by atoms with Crippen molar-refractivity contribution in [1.29, 1.82) is 0 Å². The molecule has 1 N–H and O–H groups in total. The van der Waals surface area contributed by atoms with Gasteiger partial charge in [0.1, 0.15) is 5.75 Å². The lowest BCUT2D eigenvalue weighted by atomic mass is 10.1. The van der Waals surface area contributed by atoms with Gasteiger partial charge in [-0.25, -0.2) is 9.78 Å². The molecule has 0 aliphatic carbocycles. The first kappa shape index (κ1) is 20.4. The molecule has 2 aromatic heterocycles. The third-order valence-electron chi connectivity index (χ3n) is 5.21. The molecule has 7 nitrogen and oxygen atoms in total. The zero-order valence-corrected chi connectivity index (χ0v) is 17.5. The Bertz CT molecular complexity index is 1270. The number of pyridine rings is 1. The number of carbonyl (C=O) groups is 1. The molecule has 0 aliphatic heterocycles. The number of rotatable bonds is 7. The van der Waals surface area contributed by atoms with E-state index in [4.69, 9.17) is 4.74 Å². The molecule has 0 radical (unpaired) electrons. The number of para-hydroxylation sites is 1.